The van der Waals surface area contributed by atoms with Gasteiger partial charge in [-0.25, -0.2) is 0 Å². The number of nitrogens with zero attached hydrogens (tertiary/aromatic N) is 1. The highest BCUT2D eigenvalue weighted by atomic mass is 14.8. The number of pyridine rings is 1. The van der Waals surface area contributed by atoms with Gasteiger partial charge >= 0.3 is 0 Å². The second-order valence-electron chi connectivity index (χ2n) is 2.67. The van der Waals surface area contributed by atoms with Crippen LogP contribution in [0.5, 0.6) is 0 Å². The van der Waals surface area contributed by atoms with Crippen molar-refractivity contribution in [3.8, 4) is 0 Å². The van der Waals surface area contributed by atoms with E-state index in [1.54, 1.807) is 0 Å². The van der Waals surface area contributed by atoms with E-state index in [9.17, 15) is 0 Å². The summed E-state index contributed by atoms with van der Waals surface area (Å²) in [7, 11) is 1.89. The number of hydrogen-bond donors (Lipinski definition) is 1. The van der Waals surface area contributed by atoms with Gasteiger partial charge in [-0.1, -0.05) is 12.6 Å². The van der Waals surface area contributed by atoms with Gasteiger partial charge in [0, 0.05) is 24.6 Å². The lowest BCUT2D eigenvalue weighted by molar-refractivity contribution is 0.823. The third-order valence-corrected chi connectivity index (χ3v) is 1.76. The SMILES string of the molecule is C=C(CCc1ccccn1)NC. The van der Waals surface area contributed by atoms with Gasteiger partial charge in [0.1, 0.15) is 0 Å². The van der Waals surface area contributed by atoms with Crippen LogP contribution >= 0.6 is 0 Å². The van der Waals surface area contributed by atoms with E-state index in [2.05, 4.69) is 16.9 Å². The number of allylic oxidation sites excluding steroid dienone is 1. The summed E-state index contributed by atoms with van der Waals surface area (Å²) in [5.74, 6) is 0. The molecule has 0 amide bonds. The Balaban J connectivity index is 2.38. The van der Waals surface area contributed by atoms with E-state index in [0.717, 1.165) is 24.2 Å². The van der Waals surface area contributed by atoms with Crippen LogP contribution in [-0.2, 0) is 6.42 Å². The molecule has 1 aromatic heterocycles. The highest BCUT2D eigenvalue weighted by molar-refractivity contribution is 5.05. The summed E-state index contributed by atoms with van der Waals surface area (Å²) < 4.78 is 0. The average molecular weight is 162 g/mol. The fourth-order valence-corrected chi connectivity index (χ4v) is 0.950. The molecule has 0 aliphatic carbocycles. The van der Waals surface area contributed by atoms with Gasteiger partial charge in [0.05, 0.1) is 0 Å². The van der Waals surface area contributed by atoms with Crippen LogP contribution in [0.2, 0.25) is 0 Å². The Labute approximate surface area is 73.3 Å². The Morgan fingerprint density at radius 3 is 3.00 bits per heavy atom. The number of rotatable bonds is 4. The van der Waals surface area contributed by atoms with Crippen LogP contribution in [0.25, 0.3) is 0 Å². The molecule has 0 aliphatic rings. The zero-order valence-corrected chi connectivity index (χ0v) is 7.38. The molecule has 0 atom stereocenters. The van der Waals surface area contributed by atoms with Crippen molar-refractivity contribution in [3.05, 3.63) is 42.4 Å². The zero-order valence-electron chi connectivity index (χ0n) is 7.38. The van der Waals surface area contributed by atoms with Crippen molar-refractivity contribution in [1.82, 2.24) is 10.3 Å². The van der Waals surface area contributed by atoms with Gasteiger partial charge in [-0.3, -0.25) is 4.98 Å². The maximum absolute atomic E-state index is 4.22. The van der Waals surface area contributed by atoms with Crippen molar-refractivity contribution in [1.29, 1.82) is 0 Å². The Morgan fingerprint density at radius 2 is 2.42 bits per heavy atom. The Morgan fingerprint density at radius 1 is 1.58 bits per heavy atom. The summed E-state index contributed by atoms with van der Waals surface area (Å²) in [4.78, 5) is 4.22. The summed E-state index contributed by atoms with van der Waals surface area (Å²) in [6.45, 7) is 3.85. The molecule has 0 saturated heterocycles. The van der Waals surface area contributed by atoms with E-state index in [4.69, 9.17) is 0 Å². The minimum atomic E-state index is 0.952. The van der Waals surface area contributed by atoms with Gasteiger partial charge in [0.25, 0.3) is 0 Å². The second-order valence-corrected chi connectivity index (χ2v) is 2.67. The van der Waals surface area contributed by atoms with Crippen LogP contribution in [0.1, 0.15) is 12.1 Å². The van der Waals surface area contributed by atoms with E-state index in [1.165, 1.54) is 0 Å². The second kappa shape index (κ2) is 4.54. The first-order chi connectivity index (χ1) is 5.83. The number of hydrogen-bond acceptors (Lipinski definition) is 2. The molecule has 0 bridgehead atoms. The Hall–Kier alpha value is -1.31. The predicted molar refractivity (Wildman–Crippen MR) is 50.8 cm³/mol. The molecule has 0 radical (unpaired) electrons. The van der Waals surface area contributed by atoms with Gasteiger partial charge in [-0.15, -0.1) is 0 Å². The molecule has 0 spiro atoms. The summed E-state index contributed by atoms with van der Waals surface area (Å²) in [5, 5.41) is 3.01. The highest BCUT2D eigenvalue weighted by Gasteiger charge is 1.93. The summed E-state index contributed by atoms with van der Waals surface area (Å²) in [6, 6.07) is 5.96. The molecule has 64 valence electrons. The van der Waals surface area contributed by atoms with Gasteiger partial charge in [0.2, 0.25) is 0 Å². The van der Waals surface area contributed by atoms with E-state index in [0.29, 0.717) is 0 Å². The third kappa shape index (κ3) is 2.74. The van der Waals surface area contributed by atoms with Crippen LogP contribution in [0.4, 0.5) is 0 Å². The topological polar surface area (TPSA) is 24.9 Å². The lowest BCUT2D eigenvalue weighted by atomic mass is 10.2. The molecule has 1 N–H and O–H groups in total. The van der Waals surface area contributed by atoms with Crippen LogP contribution in [0, 0.1) is 0 Å². The molecule has 12 heavy (non-hydrogen) atoms. The van der Waals surface area contributed by atoms with Gasteiger partial charge in [0.15, 0.2) is 0 Å². The molecular weight excluding hydrogens is 148 g/mol. The highest BCUT2D eigenvalue weighted by Crippen LogP contribution is 2.01. The molecular formula is C10H14N2. The largest absolute Gasteiger partial charge is 0.392 e. The van der Waals surface area contributed by atoms with E-state index >= 15 is 0 Å². The monoisotopic (exact) mass is 162 g/mol. The van der Waals surface area contributed by atoms with Crippen molar-refractivity contribution in [2.24, 2.45) is 0 Å². The Bertz CT molecular complexity index is 241. The molecule has 0 fully saturated rings. The quantitative estimate of drug-likeness (QED) is 0.729. The lowest BCUT2D eigenvalue weighted by Gasteiger charge is -2.03. The molecule has 2 nitrogen and oxygen atoms in total. The smallest absolute Gasteiger partial charge is 0.0407 e. The van der Waals surface area contributed by atoms with Crippen LogP contribution in [0.3, 0.4) is 0 Å². The summed E-state index contributed by atoms with van der Waals surface area (Å²) >= 11 is 0. The number of nitrogens with one attached hydrogen (secondary N) is 1. The third-order valence-electron chi connectivity index (χ3n) is 1.76. The predicted octanol–water partition coefficient (Wildman–Crippen LogP) is 1.75. The number of aryl methyl sites for hydroxylation is 1. The van der Waals surface area contributed by atoms with Crippen molar-refractivity contribution in [3.63, 3.8) is 0 Å². The first kappa shape index (κ1) is 8.78. The Kier molecular flexibility index (Phi) is 3.33. The molecule has 0 aliphatic heterocycles. The molecule has 0 unspecified atom stereocenters. The molecule has 1 heterocycles. The standard InChI is InChI=1S/C10H14N2/c1-9(11-2)6-7-10-5-3-4-8-12-10/h3-5,8,11H,1,6-7H2,2H3. The average Bonchev–Trinajstić information content (AvgIpc) is 2.16. The molecule has 1 rings (SSSR count). The van der Waals surface area contributed by atoms with Crippen molar-refractivity contribution in [2.45, 2.75) is 12.8 Å². The van der Waals surface area contributed by atoms with Gasteiger partial charge in [-0.2, -0.15) is 0 Å². The molecule has 0 aromatic carbocycles. The maximum atomic E-state index is 4.22. The normalized spacial score (nSPS) is 9.42. The van der Waals surface area contributed by atoms with Crippen molar-refractivity contribution >= 4 is 0 Å². The zero-order chi connectivity index (χ0) is 8.81. The maximum Gasteiger partial charge on any atom is 0.0407 e. The van der Waals surface area contributed by atoms with Gasteiger partial charge < -0.3 is 5.32 Å². The van der Waals surface area contributed by atoms with Crippen LogP contribution in [-0.4, -0.2) is 12.0 Å². The van der Waals surface area contributed by atoms with Crippen LogP contribution < -0.4 is 5.32 Å². The summed E-state index contributed by atoms with van der Waals surface area (Å²) in [6.07, 6.45) is 3.73. The first-order valence-corrected chi connectivity index (χ1v) is 4.08. The van der Waals surface area contributed by atoms with E-state index in [1.807, 2.05) is 31.4 Å². The first-order valence-electron chi connectivity index (χ1n) is 4.08. The van der Waals surface area contributed by atoms with Crippen molar-refractivity contribution in [2.75, 3.05) is 7.05 Å². The molecule has 0 saturated carbocycles. The summed E-state index contributed by atoms with van der Waals surface area (Å²) in [5.41, 5.74) is 2.18. The number of aromatic nitrogens is 1. The van der Waals surface area contributed by atoms with Gasteiger partial charge in [-0.05, 0) is 25.0 Å². The minimum absolute atomic E-state index is 0.952. The van der Waals surface area contributed by atoms with Crippen LogP contribution in [0.15, 0.2) is 36.7 Å². The lowest BCUT2D eigenvalue weighted by Crippen LogP contribution is -2.05. The van der Waals surface area contributed by atoms with E-state index in [-0.39, 0.29) is 0 Å². The minimum Gasteiger partial charge on any atom is -0.392 e. The fourth-order valence-electron chi connectivity index (χ4n) is 0.950. The van der Waals surface area contributed by atoms with E-state index < -0.39 is 0 Å². The fraction of sp³-hybridized carbons (Fsp3) is 0.300. The molecule has 1 aromatic rings. The van der Waals surface area contributed by atoms with Crippen molar-refractivity contribution < 1.29 is 0 Å². The molecule has 2 heteroatoms.